The van der Waals surface area contributed by atoms with Gasteiger partial charge in [0, 0.05) is 6.04 Å². The van der Waals surface area contributed by atoms with Crippen LogP contribution in [0.15, 0.2) is 0 Å². The Labute approximate surface area is 117 Å². The third kappa shape index (κ3) is 2.80. The average Bonchev–Trinajstić information content (AvgIpc) is 2.74. The van der Waals surface area contributed by atoms with Gasteiger partial charge in [0.2, 0.25) is 0 Å². The number of amides is 1. The monoisotopic (exact) mass is 341 g/mol. The van der Waals surface area contributed by atoms with Crippen LogP contribution < -0.4 is 0 Å². The van der Waals surface area contributed by atoms with Gasteiger partial charge in [-0.2, -0.15) is 13.2 Å². The van der Waals surface area contributed by atoms with E-state index >= 15 is 0 Å². The zero-order valence-electron chi connectivity index (χ0n) is 10.3. The minimum absolute atomic E-state index is 0.0151. The highest BCUT2D eigenvalue weighted by molar-refractivity contribution is 9.09. The van der Waals surface area contributed by atoms with Crippen molar-refractivity contribution in [2.24, 2.45) is 5.92 Å². The summed E-state index contributed by atoms with van der Waals surface area (Å²) in [5.41, 5.74) is 0. The van der Waals surface area contributed by atoms with Crippen LogP contribution in [0, 0.1) is 5.92 Å². The molecular formula is C12H15BrF3NO2. The second-order valence-corrected chi connectivity index (χ2v) is 5.73. The van der Waals surface area contributed by atoms with E-state index in [1.807, 2.05) is 0 Å². The molecule has 3 nitrogen and oxygen atoms in total. The fourth-order valence-electron chi connectivity index (χ4n) is 3.27. The number of carbonyl (C=O) groups excluding carboxylic acids is 2. The van der Waals surface area contributed by atoms with Gasteiger partial charge in [0.15, 0.2) is 5.78 Å². The van der Waals surface area contributed by atoms with Crippen LogP contribution in [-0.4, -0.2) is 40.2 Å². The SMILES string of the molecule is O=C(CBr)C1CC2CCCCC2N1C(=O)C(F)(F)F. The molecule has 1 aliphatic carbocycles. The number of rotatable bonds is 2. The number of ketones is 1. The van der Waals surface area contributed by atoms with Gasteiger partial charge in [-0.15, -0.1) is 0 Å². The fourth-order valence-corrected chi connectivity index (χ4v) is 3.65. The van der Waals surface area contributed by atoms with E-state index in [1.165, 1.54) is 0 Å². The van der Waals surface area contributed by atoms with Crippen LogP contribution in [-0.2, 0) is 9.59 Å². The lowest BCUT2D eigenvalue weighted by molar-refractivity contribution is -0.189. The van der Waals surface area contributed by atoms with Crippen LogP contribution in [0.1, 0.15) is 32.1 Å². The van der Waals surface area contributed by atoms with E-state index in [0.717, 1.165) is 24.2 Å². The summed E-state index contributed by atoms with van der Waals surface area (Å²) < 4.78 is 38.1. The number of halogens is 4. The predicted molar refractivity (Wildman–Crippen MR) is 65.9 cm³/mol. The molecule has 1 aliphatic heterocycles. The molecule has 1 heterocycles. The maximum Gasteiger partial charge on any atom is 0.471 e. The molecule has 2 aliphatic rings. The average molecular weight is 342 g/mol. The lowest BCUT2D eigenvalue weighted by Gasteiger charge is -2.33. The largest absolute Gasteiger partial charge is 0.471 e. The molecule has 0 aromatic rings. The molecule has 3 atom stereocenters. The van der Waals surface area contributed by atoms with E-state index in [2.05, 4.69) is 15.9 Å². The van der Waals surface area contributed by atoms with Crippen molar-refractivity contribution in [1.29, 1.82) is 0 Å². The topological polar surface area (TPSA) is 37.4 Å². The molecule has 0 bridgehead atoms. The summed E-state index contributed by atoms with van der Waals surface area (Å²) in [4.78, 5) is 24.2. The number of Topliss-reactive ketones (excluding diaryl/α,β-unsaturated/α-hetero) is 1. The summed E-state index contributed by atoms with van der Waals surface area (Å²) in [6.07, 6.45) is -1.38. The van der Waals surface area contributed by atoms with Crippen LogP contribution in [0.25, 0.3) is 0 Å². The van der Waals surface area contributed by atoms with Crippen molar-refractivity contribution in [2.45, 2.75) is 50.4 Å². The molecule has 0 aromatic heterocycles. The molecule has 19 heavy (non-hydrogen) atoms. The van der Waals surface area contributed by atoms with Crippen molar-refractivity contribution >= 4 is 27.6 Å². The van der Waals surface area contributed by atoms with Crippen molar-refractivity contribution in [3.63, 3.8) is 0 Å². The molecule has 0 spiro atoms. The van der Waals surface area contributed by atoms with Gasteiger partial charge in [0.05, 0.1) is 11.4 Å². The summed E-state index contributed by atoms with van der Waals surface area (Å²) in [6, 6.07) is -1.34. The smallest absolute Gasteiger partial charge is 0.322 e. The molecule has 0 aromatic carbocycles. The highest BCUT2D eigenvalue weighted by Crippen LogP contribution is 2.41. The van der Waals surface area contributed by atoms with Crippen molar-refractivity contribution in [3.8, 4) is 0 Å². The summed E-state index contributed by atoms with van der Waals surface area (Å²) >= 11 is 2.98. The first-order valence-electron chi connectivity index (χ1n) is 6.34. The highest BCUT2D eigenvalue weighted by Gasteiger charge is 2.54. The summed E-state index contributed by atoms with van der Waals surface area (Å²) in [5.74, 6) is -2.17. The fraction of sp³-hybridized carbons (Fsp3) is 0.833. The van der Waals surface area contributed by atoms with E-state index in [0.29, 0.717) is 12.8 Å². The van der Waals surface area contributed by atoms with Crippen LogP contribution in [0.3, 0.4) is 0 Å². The number of likely N-dealkylation sites (tertiary alicyclic amines) is 1. The Morgan fingerprint density at radius 2 is 1.84 bits per heavy atom. The molecule has 1 saturated heterocycles. The van der Waals surface area contributed by atoms with Gasteiger partial charge >= 0.3 is 12.1 Å². The van der Waals surface area contributed by atoms with E-state index in [1.54, 1.807) is 0 Å². The summed E-state index contributed by atoms with van der Waals surface area (Å²) in [5, 5.41) is -0.0151. The standard InChI is InChI=1S/C12H15BrF3NO2/c13-6-10(18)9-5-7-3-1-2-4-8(7)17(9)11(19)12(14,15)16/h7-9H,1-6H2. The van der Waals surface area contributed by atoms with Gasteiger partial charge in [-0.1, -0.05) is 28.8 Å². The number of alkyl halides is 4. The number of hydrogen-bond donors (Lipinski definition) is 0. The molecule has 2 fully saturated rings. The molecule has 2 rings (SSSR count). The molecule has 7 heteroatoms. The minimum atomic E-state index is -4.91. The van der Waals surface area contributed by atoms with Crippen molar-refractivity contribution < 1.29 is 22.8 Å². The third-order valence-corrected chi connectivity index (χ3v) is 4.62. The Balaban J connectivity index is 2.27. The zero-order chi connectivity index (χ0) is 14.2. The Hall–Kier alpha value is -0.590. The van der Waals surface area contributed by atoms with Gasteiger partial charge in [-0.05, 0) is 25.2 Å². The summed E-state index contributed by atoms with van der Waals surface area (Å²) in [7, 11) is 0. The molecule has 1 amide bonds. The molecule has 1 saturated carbocycles. The molecular weight excluding hydrogens is 327 g/mol. The van der Waals surface area contributed by atoms with E-state index in [9.17, 15) is 22.8 Å². The Morgan fingerprint density at radius 3 is 2.42 bits per heavy atom. The second kappa shape index (κ2) is 5.42. The van der Waals surface area contributed by atoms with Crippen LogP contribution in [0.2, 0.25) is 0 Å². The molecule has 0 radical (unpaired) electrons. The highest BCUT2D eigenvalue weighted by atomic mass is 79.9. The zero-order valence-corrected chi connectivity index (χ0v) is 11.8. The van der Waals surface area contributed by atoms with Gasteiger partial charge in [-0.25, -0.2) is 0 Å². The van der Waals surface area contributed by atoms with Crippen LogP contribution >= 0.6 is 15.9 Å². The Kier molecular flexibility index (Phi) is 4.23. The predicted octanol–water partition coefficient (Wildman–Crippen LogP) is 2.67. The number of nitrogens with zero attached hydrogens (tertiary/aromatic N) is 1. The number of fused-ring (bicyclic) bond motifs is 1. The van der Waals surface area contributed by atoms with E-state index < -0.39 is 24.2 Å². The lowest BCUT2D eigenvalue weighted by atomic mass is 9.84. The van der Waals surface area contributed by atoms with Crippen molar-refractivity contribution in [3.05, 3.63) is 0 Å². The molecule has 108 valence electrons. The first-order valence-corrected chi connectivity index (χ1v) is 7.46. The van der Waals surface area contributed by atoms with E-state index in [-0.39, 0.29) is 17.0 Å². The normalized spacial score (nSPS) is 31.2. The first kappa shape index (κ1) is 14.8. The lowest BCUT2D eigenvalue weighted by Crippen LogP contribution is -2.51. The molecule has 3 unspecified atom stereocenters. The maximum absolute atomic E-state index is 12.7. The first-order chi connectivity index (χ1) is 8.86. The third-order valence-electron chi connectivity index (χ3n) is 4.07. The van der Waals surface area contributed by atoms with Gasteiger partial charge in [-0.3, -0.25) is 9.59 Å². The molecule has 0 N–H and O–H groups in total. The van der Waals surface area contributed by atoms with Gasteiger partial charge in [0.25, 0.3) is 0 Å². The maximum atomic E-state index is 12.7. The summed E-state index contributed by atoms with van der Waals surface area (Å²) in [6.45, 7) is 0. The van der Waals surface area contributed by atoms with Gasteiger partial charge < -0.3 is 4.90 Å². The Morgan fingerprint density at radius 1 is 1.21 bits per heavy atom. The van der Waals surface area contributed by atoms with E-state index in [4.69, 9.17) is 0 Å². The van der Waals surface area contributed by atoms with Crippen molar-refractivity contribution in [2.75, 3.05) is 5.33 Å². The number of carbonyl (C=O) groups is 2. The van der Waals surface area contributed by atoms with Crippen LogP contribution in [0.4, 0.5) is 13.2 Å². The van der Waals surface area contributed by atoms with Crippen LogP contribution in [0.5, 0.6) is 0 Å². The minimum Gasteiger partial charge on any atom is -0.322 e. The second-order valence-electron chi connectivity index (χ2n) is 5.17. The number of hydrogen-bond acceptors (Lipinski definition) is 2. The van der Waals surface area contributed by atoms with Crippen molar-refractivity contribution in [1.82, 2.24) is 4.90 Å². The quantitative estimate of drug-likeness (QED) is 0.724. The Bertz CT molecular complexity index is 386. The van der Waals surface area contributed by atoms with Gasteiger partial charge in [0.1, 0.15) is 0 Å².